The largest absolute Gasteiger partial charge is 0.486 e. The van der Waals surface area contributed by atoms with Crippen LogP contribution in [0.2, 0.25) is 0 Å². The summed E-state index contributed by atoms with van der Waals surface area (Å²) in [6.45, 7) is 4.38. The molecule has 1 saturated heterocycles. The van der Waals surface area contributed by atoms with E-state index in [9.17, 15) is 4.79 Å². The molecule has 5 nitrogen and oxygen atoms in total. The summed E-state index contributed by atoms with van der Waals surface area (Å²) in [7, 11) is 0. The first-order chi connectivity index (χ1) is 9.33. The Hall–Kier alpha value is -1.75. The smallest absolute Gasteiger partial charge is 0.221 e. The van der Waals surface area contributed by atoms with Crippen LogP contribution in [0.25, 0.3) is 0 Å². The van der Waals surface area contributed by atoms with Crippen molar-refractivity contribution in [2.24, 2.45) is 0 Å². The van der Waals surface area contributed by atoms with Crippen LogP contribution in [-0.4, -0.2) is 43.7 Å². The Kier molecular flexibility index (Phi) is 3.55. The molecule has 0 atom stereocenters. The van der Waals surface area contributed by atoms with E-state index in [-0.39, 0.29) is 5.91 Å². The number of carbonyl (C=O) groups is 1. The molecule has 1 N–H and O–H groups in total. The van der Waals surface area contributed by atoms with E-state index in [4.69, 9.17) is 9.47 Å². The van der Waals surface area contributed by atoms with Crippen molar-refractivity contribution in [3.63, 3.8) is 0 Å². The van der Waals surface area contributed by atoms with Crippen LogP contribution in [0, 0.1) is 0 Å². The van der Waals surface area contributed by atoms with Crippen LogP contribution in [-0.2, 0) is 11.3 Å². The molecule has 2 aliphatic rings. The summed E-state index contributed by atoms with van der Waals surface area (Å²) in [6, 6.07) is 5.99. The van der Waals surface area contributed by atoms with Crippen molar-refractivity contribution in [1.82, 2.24) is 10.2 Å². The number of hydrogen-bond acceptors (Lipinski definition) is 4. The van der Waals surface area contributed by atoms with E-state index >= 15 is 0 Å². The van der Waals surface area contributed by atoms with Gasteiger partial charge in [-0.2, -0.15) is 0 Å². The predicted molar refractivity (Wildman–Crippen MR) is 70.3 cm³/mol. The highest BCUT2D eigenvalue weighted by Gasteiger charge is 2.19. The van der Waals surface area contributed by atoms with Crippen molar-refractivity contribution in [2.45, 2.75) is 13.0 Å². The monoisotopic (exact) mass is 262 g/mol. The molecule has 3 rings (SSSR count). The average Bonchev–Trinajstić information content (AvgIpc) is 2.64. The second kappa shape index (κ2) is 5.48. The number of amides is 1. The van der Waals surface area contributed by atoms with Gasteiger partial charge < -0.3 is 14.8 Å². The number of hydrogen-bond donors (Lipinski definition) is 1. The van der Waals surface area contributed by atoms with Gasteiger partial charge in [0, 0.05) is 38.2 Å². The molecule has 0 unspecified atom stereocenters. The second-order valence-electron chi connectivity index (χ2n) is 4.82. The van der Waals surface area contributed by atoms with Crippen molar-refractivity contribution in [2.75, 3.05) is 32.8 Å². The van der Waals surface area contributed by atoms with Gasteiger partial charge in [-0.15, -0.1) is 0 Å². The minimum Gasteiger partial charge on any atom is -0.486 e. The number of para-hydroxylation sites is 1. The highest BCUT2D eigenvalue weighted by molar-refractivity contribution is 5.76. The van der Waals surface area contributed by atoms with Gasteiger partial charge >= 0.3 is 0 Å². The molecule has 5 heteroatoms. The summed E-state index contributed by atoms with van der Waals surface area (Å²) in [5, 5.41) is 2.89. The first-order valence-electron chi connectivity index (χ1n) is 6.69. The molecule has 19 heavy (non-hydrogen) atoms. The maximum Gasteiger partial charge on any atom is 0.221 e. The molecule has 1 aromatic rings. The van der Waals surface area contributed by atoms with Crippen molar-refractivity contribution in [3.05, 3.63) is 23.8 Å². The van der Waals surface area contributed by atoms with E-state index in [1.165, 1.54) is 0 Å². The van der Waals surface area contributed by atoms with Crippen LogP contribution in [0.1, 0.15) is 12.0 Å². The Labute approximate surface area is 112 Å². The maximum absolute atomic E-state index is 11.3. The molecule has 0 radical (unpaired) electrons. The maximum atomic E-state index is 11.3. The van der Waals surface area contributed by atoms with E-state index in [0.717, 1.165) is 36.7 Å². The normalized spacial score (nSPS) is 19.7. The zero-order valence-electron chi connectivity index (χ0n) is 10.9. The van der Waals surface area contributed by atoms with Gasteiger partial charge in [0.05, 0.1) is 0 Å². The van der Waals surface area contributed by atoms with Crippen molar-refractivity contribution >= 4 is 5.91 Å². The summed E-state index contributed by atoms with van der Waals surface area (Å²) in [4.78, 5) is 13.6. The summed E-state index contributed by atoms with van der Waals surface area (Å²) in [6.07, 6.45) is 0.562. The lowest BCUT2D eigenvalue weighted by Gasteiger charge is -2.24. The molecule has 0 spiro atoms. The molecule has 102 valence electrons. The molecule has 0 bridgehead atoms. The van der Waals surface area contributed by atoms with Gasteiger partial charge in [0.25, 0.3) is 0 Å². The molecule has 1 fully saturated rings. The van der Waals surface area contributed by atoms with Gasteiger partial charge in [0.2, 0.25) is 5.91 Å². The number of rotatable bonds is 2. The lowest BCUT2D eigenvalue weighted by atomic mass is 10.1. The Morgan fingerprint density at radius 2 is 2.11 bits per heavy atom. The van der Waals surface area contributed by atoms with Crippen molar-refractivity contribution in [1.29, 1.82) is 0 Å². The fourth-order valence-corrected chi connectivity index (χ4v) is 2.47. The Balaban J connectivity index is 1.74. The number of nitrogens with one attached hydrogen (secondary N) is 1. The number of carbonyl (C=O) groups excluding carboxylic acids is 1. The van der Waals surface area contributed by atoms with E-state index in [2.05, 4.69) is 16.3 Å². The minimum absolute atomic E-state index is 0.136. The summed E-state index contributed by atoms with van der Waals surface area (Å²) >= 11 is 0. The van der Waals surface area contributed by atoms with Crippen molar-refractivity contribution < 1.29 is 14.3 Å². The Morgan fingerprint density at radius 1 is 1.21 bits per heavy atom. The van der Waals surface area contributed by atoms with Crippen LogP contribution in [0.5, 0.6) is 11.5 Å². The highest BCUT2D eigenvalue weighted by Crippen LogP contribution is 2.34. The number of nitrogens with zero attached hydrogens (tertiary/aromatic N) is 1. The van der Waals surface area contributed by atoms with Gasteiger partial charge in [0.1, 0.15) is 13.2 Å². The minimum atomic E-state index is 0.136. The third-order valence-corrected chi connectivity index (χ3v) is 3.45. The second-order valence-corrected chi connectivity index (χ2v) is 4.82. The molecule has 0 aromatic heterocycles. The first kappa shape index (κ1) is 12.3. The van der Waals surface area contributed by atoms with Gasteiger partial charge in [-0.05, 0) is 6.07 Å². The predicted octanol–water partition coefficient (Wildman–Crippen LogP) is 0.780. The number of benzene rings is 1. The summed E-state index contributed by atoms with van der Waals surface area (Å²) in [5.74, 6) is 1.82. The molecule has 2 aliphatic heterocycles. The highest BCUT2D eigenvalue weighted by atomic mass is 16.6. The Bertz CT molecular complexity index is 476. The zero-order valence-corrected chi connectivity index (χ0v) is 10.9. The topological polar surface area (TPSA) is 50.8 Å². The quantitative estimate of drug-likeness (QED) is 0.855. The van der Waals surface area contributed by atoms with Crippen molar-refractivity contribution in [3.8, 4) is 11.5 Å². The van der Waals surface area contributed by atoms with E-state index in [1.807, 2.05) is 12.1 Å². The molecular formula is C14H18N2O3. The zero-order chi connectivity index (χ0) is 13.1. The van der Waals surface area contributed by atoms with Crippen LogP contribution in [0.4, 0.5) is 0 Å². The van der Waals surface area contributed by atoms with Gasteiger partial charge in [-0.1, -0.05) is 12.1 Å². The van der Waals surface area contributed by atoms with Crippen LogP contribution in [0.3, 0.4) is 0 Å². The van der Waals surface area contributed by atoms with Crippen LogP contribution in [0.15, 0.2) is 18.2 Å². The lowest BCUT2D eigenvalue weighted by molar-refractivity contribution is -0.120. The third-order valence-electron chi connectivity index (χ3n) is 3.45. The van der Waals surface area contributed by atoms with Crippen LogP contribution >= 0.6 is 0 Å². The van der Waals surface area contributed by atoms with Gasteiger partial charge in [0.15, 0.2) is 11.5 Å². The molecule has 1 amide bonds. The number of fused-ring (bicyclic) bond motifs is 1. The van der Waals surface area contributed by atoms with E-state index < -0.39 is 0 Å². The molecule has 2 heterocycles. The fraction of sp³-hybridized carbons (Fsp3) is 0.500. The molecule has 0 saturated carbocycles. The summed E-state index contributed by atoms with van der Waals surface area (Å²) < 4.78 is 11.3. The van der Waals surface area contributed by atoms with Gasteiger partial charge in [-0.3, -0.25) is 9.69 Å². The van der Waals surface area contributed by atoms with Gasteiger partial charge in [-0.25, -0.2) is 0 Å². The Morgan fingerprint density at radius 3 is 3.05 bits per heavy atom. The third kappa shape index (κ3) is 2.81. The molecular weight excluding hydrogens is 244 g/mol. The lowest BCUT2D eigenvalue weighted by Crippen LogP contribution is -2.28. The average molecular weight is 262 g/mol. The summed E-state index contributed by atoms with van der Waals surface area (Å²) in [5.41, 5.74) is 1.13. The standard InChI is InChI=1S/C14H18N2O3/c17-13-4-6-16(7-5-15-13)10-11-2-1-3-12-14(11)19-9-8-18-12/h1-3H,4-10H2,(H,15,17). The van der Waals surface area contributed by atoms with Crippen LogP contribution < -0.4 is 14.8 Å². The van der Waals surface area contributed by atoms with E-state index in [0.29, 0.717) is 26.2 Å². The van der Waals surface area contributed by atoms with E-state index in [1.54, 1.807) is 0 Å². The molecule has 1 aromatic carbocycles. The molecule has 0 aliphatic carbocycles. The SMILES string of the molecule is O=C1CCN(Cc2cccc3c2OCCO3)CCN1. The number of ether oxygens (including phenoxy) is 2. The first-order valence-corrected chi connectivity index (χ1v) is 6.69. The fourth-order valence-electron chi connectivity index (χ4n) is 2.47.